The van der Waals surface area contributed by atoms with Crippen LogP contribution in [0.15, 0.2) is 59.5 Å². The van der Waals surface area contributed by atoms with Gasteiger partial charge in [0.1, 0.15) is 5.15 Å². The van der Waals surface area contributed by atoms with Crippen LogP contribution in [0, 0.1) is 0 Å². The van der Waals surface area contributed by atoms with Gasteiger partial charge in [-0.2, -0.15) is 4.31 Å². The molecule has 1 aliphatic rings. The molecule has 0 aliphatic carbocycles. The third-order valence-electron chi connectivity index (χ3n) is 4.63. The zero-order chi connectivity index (χ0) is 20.4. The van der Waals surface area contributed by atoms with Gasteiger partial charge in [0.25, 0.3) is 5.91 Å². The number of para-hydroxylation sites is 1. The molecule has 29 heavy (non-hydrogen) atoms. The topological polar surface area (TPSA) is 88.6 Å². The van der Waals surface area contributed by atoms with Crippen LogP contribution < -0.4 is 5.32 Å². The van der Waals surface area contributed by atoms with Gasteiger partial charge in [-0.3, -0.25) is 4.79 Å². The Morgan fingerprint density at radius 2 is 1.83 bits per heavy atom. The van der Waals surface area contributed by atoms with E-state index in [0.29, 0.717) is 48.5 Å². The third kappa shape index (κ3) is 4.11. The van der Waals surface area contributed by atoms with Crippen LogP contribution in [0.2, 0.25) is 5.15 Å². The van der Waals surface area contributed by atoms with Crippen LogP contribution in [0.25, 0.3) is 10.9 Å². The van der Waals surface area contributed by atoms with E-state index in [4.69, 9.17) is 16.3 Å². The minimum atomic E-state index is -3.66. The predicted molar refractivity (Wildman–Crippen MR) is 111 cm³/mol. The van der Waals surface area contributed by atoms with Crippen LogP contribution in [-0.4, -0.2) is 49.9 Å². The van der Waals surface area contributed by atoms with E-state index in [9.17, 15) is 13.2 Å². The third-order valence-corrected chi connectivity index (χ3v) is 6.72. The van der Waals surface area contributed by atoms with Crippen molar-refractivity contribution >= 4 is 44.1 Å². The highest BCUT2D eigenvalue weighted by Crippen LogP contribution is 2.24. The molecule has 0 unspecified atom stereocenters. The molecular formula is C20H18ClN3O4S. The highest BCUT2D eigenvalue weighted by molar-refractivity contribution is 7.89. The van der Waals surface area contributed by atoms with Gasteiger partial charge in [0.05, 0.1) is 29.2 Å². The minimum Gasteiger partial charge on any atom is -0.379 e. The number of nitrogens with zero attached hydrogens (tertiary/aromatic N) is 2. The fourth-order valence-corrected chi connectivity index (χ4v) is 4.85. The zero-order valence-electron chi connectivity index (χ0n) is 15.3. The summed E-state index contributed by atoms with van der Waals surface area (Å²) in [7, 11) is -3.66. The van der Waals surface area contributed by atoms with E-state index in [2.05, 4.69) is 10.3 Å². The monoisotopic (exact) mass is 431 g/mol. The van der Waals surface area contributed by atoms with Crippen molar-refractivity contribution in [2.45, 2.75) is 4.90 Å². The molecule has 2 aromatic carbocycles. The van der Waals surface area contributed by atoms with Gasteiger partial charge in [-0.25, -0.2) is 13.4 Å². The molecular weight excluding hydrogens is 414 g/mol. The average Bonchev–Trinajstić information content (AvgIpc) is 2.74. The van der Waals surface area contributed by atoms with Gasteiger partial charge >= 0.3 is 0 Å². The maximum Gasteiger partial charge on any atom is 0.256 e. The largest absolute Gasteiger partial charge is 0.379 e. The summed E-state index contributed by atoms with van der Waals surface area (Å²) in [6, 6.07) is 14.9. The van der Waals surface area contributed by atoms with E-state index >= 15 is 0 Å². The molecule has 9 heteroatoms. The second-order valence-corrected chi connectivity index (χ2v) is 8.83. The number of sulfonamides is 1. The van der Waals surface area contributed by atoms with E-state index in [-0.39, 0.29) is 10.0 Å². The first-order valence-electron chi connectivity index (χ1n) is 9.00. The summed E-state index contributed by atoms with van der Waals surface area (Å²) >= 11 is 6.06. The number of carbonyl (C=O) groups is 1. The highest BCUT2D eigenvalue weighted by atomic mass is 35.5. The maximum absolute atomic E-state index is 12.9. The Hall–Kier alpha value is -2.52. The highest BCUT2D eigenvalue weighted by Gasteiger charge is 2.26. The number of rotatable bonds is 4. The van der Waals surface area contributed by atoms with Crippen molar-refractivity contribution in [3.8, 4) is 0 Å². The summed E-state index contributed by atoms with van der Waals surface area (Å²) in [6.45, 7) is 1.35. The van der Waals surface area contributed by atoms with Crippen LogP contribution in [0.1, 0.15) is 10.4 Å². The number of ether oxygens (including phenoxy) is 1. The van der Waals surface area contributed by atoms with Crippen molar-refractivity contribution in [1.82, 2.24) is 9.29 Å². The Balaban J connectivity index is 1.63. The number of aromatic nitrogens is 1. The number of fused-ring (bicyclic) bond motifs is 1. The number of morpholine rings is 1. The maximum atomic E-state index is 12.9. The Morgan fingerprint density at radius 1 is 1.07 bits per heavy atom. The van der Waals surface area contributed by atoms with Crippen LogP contribution >= 0.6 is 11.6 Å². The summed E-state index contributed by atoms with van der Waals surface area (Å²) in [5.74, 6) is -0.397. The van der Waals surface area contributed by atoms with Crippen LogP contribution in [-0.2, 0) is 14.8 Å². The standard InChI is InChI=1S/C20H18ClN3O4S/c21-19-13-17(16-6-1-2-7-18(16)23-19)20(25)22-14-4-3-5-15(12-14)29(26,27)24-8-10-28-11-9-24/h1-7,12-13H,8-11H2,(H,22,25). The molecule has 0 spiro atoms. The summed E-state index contributed by atoms with van der Waals surface area (Å²) in [5, 5.41) is 3.62. The fourth-order valence-electron chi connectivity index (χ4n) is 3.20. The lowest BCUT2D eigenvalue weighted by Crippen LogP contribution is -2.40. The first-order chi connectivity index (χ1) is 13.9. The fraction of sp³-hybridized carbons (Fsp3) is 0.200. The van der Waals surface area contributed by atoms with Crippen molar-refractivity contribution in [3.63, 3.8) is 0 Å². The van der Waals surface area contributed by atoms with Crippen molar-refractivity contribution < 1.29 is 17.9 Å². The lowest BCUT2D eigenvalue weighted by Gasteiger charge is -2.26. The predicted octanol–water partition coefficient (Wildman–Crippen LogP) is 3.16. The molecule has 1 saturated heterocycles. The summed E-state index contributed by atoms with van der Waals surface area (Å²) in [5.41, 5.74) is 1.34. The number of benzene rings is 2. The molecule has 2 heterocycles. The second-order valence-electron chi connectivity index (χ2n) is 6.51. The van der Waals surface area contributed by atoms with Gasteiger partial charge in [-0.1, -0.05) is 35.9 Å². The molecule has 3 aromatic rings. The van der Waals surface area contributed by atoms with Gasteiger partial charge in [-0.15, -0.1) is 0 Å². The molecule has 1 aromatic heterocycles. The number of halogens is 1. The normalized spacial score (nSPS) is 15.3. The number of carbonyl (C=O) groups excluding carboxylic acids is 1. The number of anilines is 1. The van der Waals surface area contributed by atoms with Gasteiger partial charge in [0.2, 0.25) is 10.0 Å². The van der Waals surface area contributed by atoms with Gasteiger partial charge in [0.15, 0.2) is 0 Å². The molecule has 0 bridgehead atoms. The van der Waals surface area contributed by atoms with Crippen LogP contribution in [0.5, 0.6) is 0 Å². The van der Waals surface area contributed by atoms with Crippen molar-refractivity contribution in [3.05, 3.63) is 65.3 Å². The SMILES string of the molecule is O=C(Nc1cccc(S(=O)(=O)N2CCOCC2)c1)c1cc(Cl)nc2ccccc12. The second kappa shape index (κ2) is 8.08. The molecule has 1 aliphatic heterocycles. The van der Waals surface area contributed by atoms with Gasteiger partial charge in [-0.05, 0) is 30.3 Å². The summed E-state index contributed by atoms with van der Waals surface area (Å²) < 4.78 is 32.3. The Kier molecular flexibility index (Phi) is 5.51. The van der Waals surface area contributed by atoms with E-state index in [1.807, 2.05) is 12.1 Å². The molecule has 0 atom stereocenters. The smallest absolute Gasteiger partial charge is 0.256 e. The molecule has 1 N–H and O–H groups in total. The van der Waals surface area contributed by atoms with E-state index in [0.717, 1.165) is 0 Å². The average molecular weight is 432 g/mol. The zero-order valence-corrected chi connectivity index (χ0v) is 16.9. The van der Waals surface area contributed by atoms with Crippen molar-refractivity contribution in [2.24, 2.45) is 0 Å². The molecule has 1 fully saturated rings. The molecule has 1 amide bonds. The first kappa shape index (κ1) is 19.8. The Morgan fingerprint density at radius 3 is 2.62 bits per heavy atom. The number of nitrogens with one attached hydrogen (secondary N) is 1. The van der Waals surface area contributed by atoms with E-state index < -0.39 is 15.9 Å². The lowest BCUT2D eigenvalue weighted by atomic mass is 10.1. The van der Waals surface area contributed by atoms with E-state index in [1.165, 1.54) is 22.5 Å². The first-order valence-corrected chi connectivity index (χ1v) is 10.8. The Labute approximate surface area is 173 Å². The number of hydrogen-bond donors (Lipinski definition) is 1. The van der Waals surface area contributed by atoms with Gasteiger partial charge < -0.3 is 10.1 Å². The summed E-state index contributed by atoms with van der Waals surface area (Å²) in [4.78, 5) is 17.2. The van der Waals surface area contributed by atoms with E-state index in [1.54, 1.807) is 24.3 Å². The molecule has 0 radical (unpaired) electrons. The lowest BCUT2D eigenvalue weighted by molar-refractivity contribution is 0.0730. The minimum absolute atomic E-state index is 0.120. The molecule has 150 valence electrons. The van der Waals surface area contributed by atoms with Crippen molar-refractivity contribution in [1.29, 1.82) is 0 Å². The van der Waals surface area contributed by atoms with Crippen LogP contribution in [0.4, 0.5) is 5.69 Å². The molecule has 7 nitrogen and oxygen atoms in total. The van der Waals surface area contributed by atoms with Crippen LogP contribution in [0.3, 0.4) is 0 Å². The van der Waals surface area contributed by atoms with Gasteiger partial charge in [0, 0.05) is 24.2 Å². The molecule has 0 saturated carbocycles. The quantitative estimate of drug-likeness (QED) is 0.641. The Bertz CT molecular complexity index is 1180. The number of hydrogen-bond acceptors (Lipinski definition) is 5. The molecule has 4 rings (SSSR count). The summed E-state index contributed by atoms with van der Waals surface area (Å²) in [6.07, 6.45) is 0. The number of pyridine rings is 1. The number of amides is 1. The van der Waals surface area contributed by atoms with Crippen molar-refractivity contribution in [2.75, 3.05) is 31.6 Å².